The number of phenolic OH excluding ortho intramolecular Hbond substituents is 3. The lowest BCUT2D eigenvalue weighted by Gasteiger charge is -2.38. The second-order valence-corrected chi connectivity index (χ2v) is 14.6. The standard InChI is InChI=1S/C40H54N2O13/c1-18-11-10-12-19(2)39(51)42-30-25(17-41-14-15-43)34(48)27-28(35(30)49)33(47)23(6)37-29(27)38(50)40(8,55-37)53-16-13-26(52-9)20(3)36(54-24(7)44)22(5)32(46)21(4)31(18)45/h10-13,16,18,20-22,26,31-32,36,41,43,45-49H,14-15,17H2,1-9H3,(H,42,51)/b11-10-,16-13?,19-12-/t18-,20+,21+,22+,26-,31-,32+,36+,40-/m0/s1. The summed E-state index contributed by atoms with van der Waals surface area (Å²) in [6, 6.07) is 0. The maximum Gasteiger partial charge on any atom is 0.312 e. The van der Waals surface area contributed by atoms with Crippen LogP contribution in [0, 0.1) is 30.6 Å². The molecule has 2 aromatic carbocycles. The second kappa shape index (κ2) is 17.4. The first kappa shape index (κ1) is 43.1. The van der Waals surface area contributed by atoms with Crippen molar-refractivity contribution in [3.05, 3.63) is 52.8 Å². The maximum atomic E-state index is 14.2. The number of ether oxygens (including phenoxy) is 4. The summed E-state index contributed by atoms with van der Waals surface area (Å²) in [6.45, 7) is 12.0. The van der Waals surface area contributed by atoms with Crippen molar-refractivity contribution < 1.29 is 64.0 Å². The molecule has 15 nitrogen and oxygen atoms in total. The molecule has 0 saturated carbocycles. The van der Waals surface area contributed by atoms with Crippen molar-refractivity contribution in [2.75, 3.05) is 25.6 Å². The first-order valence-electron chi connectivity index (χ1n) is 18.2. The van der Waals surface area contributed by atoms with Crippen molar-refractivity contribution in [1.29, 1.82) is 0 Å². The minimum atomic E-state index is -2.04. The predicted molar refractivity (Wildman–Crippen MR) is 203 cm³/mol. The average molecular weight is 771 g/mol. The quantitative estimate of drug-likeness (QED) is 0.0903. The molecule has 0 radical (unpaired) electrons. The Hall–Kier alpha value is -4.67. The molecule has 9 atom stereocenters. The van der Waals surface area contributed by atoms with Crippen LogP contribution in [0.1, 0.15) is 70.0 Å². The van der Waals surface area contributed by atoms with E-state index >= 15 is 0 Å². The van der Waals surface area contributed by atoms with Crippen LogP contribution >= 0.6 is 0 Å². The molecule has 0 saturated heterocycles. The van der Waals surface area contributed by atoms with Crippen LogP contribution in [0.2, 0.25) is 0 Å². The number of nitrogens with one attached hydrogen (secondary N) is 2. The average Bonchev–Trinajstić information content (AvgIpc) is 3.41. The van der Waals surface area contributed by atoms with Crippen LogP contribution in [0.4, 0.5) is 5.69 Å². The van der Waals surface area contributed by atoms with Gasteiger partial charge in [-0.25, -0.2) is 0 Å². The fourth-order valence-electron chi connectivity index (χ4n) is 7.25. The largest absolute Gasteiger partial charge is 0.507 e. The zero-order valence-electron chi connectivity index (χ0n) is 32.7. The van der Waals surface area contributed by atoms with Crippen LogP contribution in [0.15, 0.2) is 36.1 Å². The summed E-state index contributed by atoms with van der Waals surface area (Å²) in [7, 11) is 1.43. The van der Waals surface area contributed by atoms with E-state index in [4.69, 9.17) is 18.9 Å². The zero-order chi connectivity index (χ0) is 41.1. The van der Waals surface area contributed by atoms with Gasteiger partial charge < -0.3 is 60.2 Å². The number of aliphatic hydroxyl groups excluding tert-OH is 3. The van der Waals surface area contributed by atoms with Gasteiger partial charge in [0.25, 0.3) is 11.7 Å². The highest BCUT2D eigenvalue weighted by Crippen LogP contribution is 2.55. The number of ketones is 1. The molecule has 1 amide bonds. The number of allylic oxidation sites excluding steroid dienone is 2. The van der Waals surface area contributed by atoms with Gasteiger partial charge in [-0.1, -0.05) is 45.9 Å². The molecule has 8 N–H and O–H groups in total. The van der Waals surface area contributed by atoms with Crippen molar-refractivity contribution in [2.45, 2.75) is 92.1 Å². The number of hydrogen-bond acceptors (Lipinski definition) is 14. The molecule has 15 heteroatoms. The second-order valence-electron chi connectivity index (χ2n) is 14.6. The number of benzene rings is 2. The van der Waals surface area contributed by atoms with Crippen molar-refractivity contribution in [1.82, 2.24) is 5.32 Å². The number of carbonyl (C=O) groups is 3. The van der Waals surface area contributed by atoms with Crippen molar-refractivity contribution in [3.8, 4) is 23.0 Å². The fraction of sp³-hybridized carbons (Fsp3) is 0.525. The Morgan fingerprint density at radius 1 is 0.964 bits per heavy atom. The van der Waals surface area contributed by atoms with Gasteiger partial charge in [0.15, 0.2) is 5.75 Å². The number of rotatable bonds is 6. The number of fused-ring (bicyclic) bond motifs is 14. The number of Topliss-reactive ketones (excluding diaryl/α,β-unsaturated/α-hetero) is 1. The van der Waals surface area contributed by atoms with Crippen molar-refractivity contribution in [2.24, 2.45) is 23.7 Å². The number of anilines is 1. The minimum Gasteiger partial charge on any atom is -0.507 e. The monoisotopic (exact) mass is 770 g/mol. The molecule has 55 heavy (non-hydrogen) atoms. The SMILES string of the molecule is CO[C@H]1C=CO[C@@]2(C)Oc3c(C)c(O)c4c(O)c(c(CNCCO)c(O)c4c3C2=O)NC(=O)/C(C)=C\C=C/[C@H](C)[C@H](O)[C@@H](C)[C@@H](O)[C@@H](C)[C@H](OC(C)=O)[C@@H]1C. The van der Waals surface area contributed by atoms with Gasteiger partial charge in [0.1, 0.15) is 23.4 Å². The minimum absolute atomic E-state index is 0.0442. The summed E-state index contributed by atoms with van der Waals surface area (Å²) in [4.78, 5) is 40.0. The number of aliphatic hydroxyl groups is 3. The van der Waals surface area contributed by atoms with Crippen LogP contribution < -0.4 is 15.4 Å². The number of hydrogen-bond donors (Lipinski definition) is 8. The molecule has 2 aromatic rings. The molecule has 3 aliphatic heterocycles. The Balaban J connectivity index is 1.95. The van der Waals surface area contributed by atoms with E-state index < -0.39 is 88.8 Å². The number of esters is 1. The Labute approximate surface area is 320 Å². The van der Waals surface area contributed by atoms with Crippen LogP contribution in [-0.4, -0.2) is 98.8 Å². The van der Waals surface area contributed by atoms with Gasteiger partial charge in [0.2, 0.25) is 0 Å². The van der Waals surface area contributed by atoms with Gasteiger partial charge in [-0.15, -0.1) is 0 Å². The van der Waals surface area contributed by atoms with Crippen LogP contribution in [-0.2, 0) is 30.3 Å². The lowest BCUT2D eigenvalue weighted by molar-refractivity contribution is -0.160. The molecule has 5 bridgehead atoms. The zero-order valence-corrected chi connectivity index (χ0v) is 32.7. The normalized spacial score (nSPS) is 30.7. The Kier molecular flexibility index (Phi) is 13.6. The van der Waals surface area contributed by atoms with Gasteiger partial charge in [0.05, 0.1) is 47.8 Å². The summed E-state index contributed by atoms with van der Waals surface area (Å²) in [6.07, 6.45) is 3.47. The Morgan fingerprint density at radius 2 is 1.64 bits per heavy atom. The highest BCUT2D eigenvalue weighted by Gasteiger charge is 2.50. The molecule has 0 spiro atoms. The molecular formula is C40H54N2O13. The van der Waals surface area contributed by atoms with E-state index in [2.05, 4.69) is 10.6 Å². The number of aromatic hydroxyl groups is 3. The van der Waals surface area contributed by atoms with E-state index in [-0.39, 0.29) is 64.2 Å². The molecule has 302 valence electrons. The van der Waals surface area contributed by atoms with Gasteiger partial charge >= 0.3 is 11.8 Å². The van der Waals surface area contributed by atoms with Crippen molar-refractivity contribution in [3.63, 3.8) is 0 Å². The van der Waals surface area contributed by atoms with Crippen LogP contribution in [0.5, 0.6) is 23.0 Å². The predicted octanol–water partition coefficient (Wildman–Crippen LogP) is 3.84. The highest BCUT2D eigenvalue weighted by molar-refractivity contribution is 6.22. The van der Waals surface area contributed by atoms with Gasteiger partial charge in [-0.05, 0) is 19.9 Å². The summed E-state index contributed by atoms with van der Waals surface area (Å²) in [5, 5.41) is 72.0. The maximum absolute atomic E-state index is 14.2. The van der Waals surface area contributed by atoms with Gasteiger partial charge in [-0.3, -0.25) is 14.4 Å². The third kappa shape index (κ3) is 8.45. The molecule has 3 aliphatic rings. The molecule has 0 fully saturated rings. The van der Waals surface area contributed by atoms with E-state index in [1.807, 2.05) is 0 Å². The van der Waals surface area contributed by atoms with Gasteiger partial charge in [0, 0.05) is 79.8 Å². The van der Waals surface area contributed by atoms with Gasteiger partial charge in [-0.2, -0.15) is 0 Å². The third-order valence-corrected chi connectivity index (χ3v) is 10.7. The third-order valence-electron chi connectivity index (χ3n) is 10.7. The molecule has 5 rings (SSSR count). The van der Waals surface area contributed by atoms with Crippen molar-refractivity contribution >= 4 is 34.1 Å². The molecule has 3 heterocycles. The molecular weight excluding hydrogens is 716 g/mol. The Bertz CT molecular complexity index is 1890. The first-order chi connectivity index (χ1) is 25.8. The number of methoxy groups -OCH3 is 1. The Morgan fingerprint density at radius 3 is 2.25 bits per heavy atom. The van der Waals surface area contributed by atoms with E-state index in [0.717, 1.165) is 0 Å². The number of carbonyl (C=O) groups excluding carboxylic acids is 3. The smallest absolute Gasteiger partial charge is 0.312 e. The summed E-state index contributed by atoms with van der Waals surface area (Å²) in [5.41, 5.74) is -0.280. The van der Waals surface area contributed by atoms with E-state index in [1.54, 1.807) is 39.8 Å². The molecule has 0 aliphatic carbocycles. The van der Waals surface area contributed by atoms with E-state index in [0.29, 0.717) is 0 Å². The summed E-state index contributed by atoms with van der Waals surface area (Å²) >= 11 is 0. The number of amides is 1. The summed E-state index contributed by atoms with van der Waals surface area (Å²) < 4.78 is 23.4. The lowest BCUT2D eigenvalue weighted by atomic mass is 9.78. The summed E-state index contributed by atoms with van der Waals surface area (Å²) in [5.74, 6) is -8.39. The molecule has 0 aromatic heterocycles. The van der Waals surface area contributed by atoms with E-state index in [9.17, 15) is 45.0 Å². The molecule has 0 unspecified atom stereocenters. The fourth-order valence-corrected chi connectivity index (χ4v) is 7.25. The van der Waals surface area contributed by atoms with Crippen LogP contribution in [0.25, 0.3) is 10.8 Å². The lowest BCUT2D eigenvalue weighted by Crippen LogP contribution is -2.46. The first-order valence-corrected chi connectivity index (χ1v) is 18.2. The topological polar surface area (TPSA) is 234 Å². The highest BCUT2D eigenvalue weighted by atomic mass is 16.7. The van der Waals surface area contributed by atoms with E-state index in [1.165, 1.54) is 53.2 Å². The number of phenols is 3. The van der Waals surface area contributed by atoms with Crippen LogP contribution in [0.3, 0.4) is 0 Å².